The van der Waals surface area contributed by atoms with Crippen LogP contribution in [-0.4, -0.2) is 51.7 Å². The van der Waals surface area contributed by atoms with Gasteiger partial charge in [0.1, 0.15) is 17.5 Å². The number of nitrogens with zero attached hydrogens (tertiary/aromatic N) is 2. The summed E-state index contributed by atoms with van der Waals surface area (Å²) in [5.74, 6) is 0.263. The Morgan fingerprint density at radius 1 is 1.07 bits per heavy atom. The zero-order chi connectivity index (χ0) is 28.3. The Morgan fingerprint density at radius 3 is 2.65 bits per heavy atom. The summed E-state index contributed by atoms with van der Waals surface area (Å²) in [6.07, 6.45) is 4.01. The third-order valence-corrected chi connectivity index (χ3v) is 7.54. The number of carbonyl (C=O) groups excluding carboxylic acids is 3. The molecule has 1 aliphatic rings. The predicted molar refractivity (Wildman–Crippen MR) is 160 cm³/mol. The van der Waals surface area contributed by atoms with Crippen LogP contribution < -0.4 is 15.4 Å². The molecule has 3 amide bonds. The van der Waals surface area contributed by atoms with Gasteiger partial charge in [-0.1, -0.05) is 19.9 Å². The number of hydrogen-bond acceptors (Lipinski definition) is 5. The van der Waals surface area contributed by atoms with Crippen molar-refractivity contribution >= 4 is 51.2 Å². The molecule has 1 saturated heterocycles. The van der Waals surface area contributed by atoms with Gasteiger partial charge in [0.25, 0.3) is 5.91 Å². The molecule has 2 aromatic heterocycles. The van der Waals surface area contributed by atoms with Crippen molar-refractivity contribution in [2.24, 2.45) is 5.41 Å². The fraction of sp³-hybridized carbons (Fsp3) is 0.267. The van der Waals surface area contributed by atoms with Gasteiger partial charge in [0.05, 0.1) is 13.1 Å². The van der Waals surface area contributed by atoms with E-state index in [1.807, 2.05) is 50.2 Å². The number of aromatic nitrogens is 2. The molecule has 0 radical (unpaired) electrons. The summed E-state index contributed by atoms with van der Waals surface area (Å²) >= 11 is 2.22. The monoisotopic (exact) mass is 651 g/mol. The fourth-order valence-corrected chi connectivity index (χ4v) is 5.25. The van der Waals surface area contributed by atoms with Crippen molar-refractivity contribution in [2.45, 2.75) is 32.9 Å². The number of benzene rings is 2. The van der Waals surface area contributed by atoms with E-state index in [0.29, 0.717) is 36.6 Å². The van der Waals surface area contributed by atoms with Crippen LogP contribution >= 0.6 is 22.6 Å². The van der Waals surface area contributed by atoms with Crippen LogP contribution in [0.1, 0.15) is 36.3 Å². The average molecular weight is 652 g/mol. The van der Waals surface area contributed by atoms with Crippen molar-refractivity contribution in [1.82, 2.24) is 25.5 Å². The van der Waals surface area contributed by atoms with E-state index in [-0.39, 0.29) is 23.8 Å². The highest BCUT2D eigenvalue weighted by Crippen LogP contribution is 2.34. The SMILES string of the molecule is CC1(C)C[C@@H](C(=O)NCc2cc3cnccc3[nH]2)N(C(=O)CNC(=O)c2cccc(Oc3ccc(I)cc3)c2)C1. The first kappa shape index (κ1) is 27.6. The van der Waals surface area contributed by atoms with Crippen LogP contribution in [0, 0.1) is 8.99 Å². The van der Waals surface area contributed by atoms with Gasteiger partial charge >= 0.3 is 0 Å². The third-order valence-electron chi connectivity index (χ3n) is 6.82. The number of hydrogen-bond donors (Lipinski definition) is 3. The van der Waals surface area contributed by atoms with Crippen molar-refractivity contribution in [3.05, 3.63) is 87.9 Å². The molecule has 3 N–H and O–H groups in total. The van der Waals surface area contributed by atoms with E-state index >= 15 is 0 Å². The van der Waals surface area contributed by atoms with E-state index in [0.717, 1.165) is 20.2 Å². The van der Waals surface area contributed by atoms with Gasteiger partial charge in [-0.25, -0.2) is 0 Å². The Kier molecular flexibility index (Phi) is 8.06. The average Bonchev–Trinajstić information content (AvgIpc) is 3.51. The maximum absolute atomic E-state index is 13.2. The number of rotatable bonds is 8. The number of carbonyl (C=O) groups is 3. The topological polar surface area (TPSA) is 116 Å². The van der Waals surface area contributed by atoms with E-state index in [1.54, 1.807) is 41.6 Å². The minimum atomic E-state index is -0.615. The van der Waals surface area contributed by atoms with Gasteiger partial charge in [-0.05, 0) is 89.0 Å². The zero-order valence-corrected chi connectivity index (χ0v) is 24.4. The second kappa shape index (κ2) is 11.7. The lowest BCUT2D eigenvalue weighted by Crippen LogP contribution is -2.49. The minimum absolute atomic E-state index is 0.212. The quantitative estimate of drug-likeness (QED) is 0.241. The number of fused-ring (bicyclic) bond motifs is 1. The molecule has 1 aliphatic heterocycles. The van der Waals surface area contributed by atoms with Gasteiger partial charge in [-0.15, -0.1) is 0 Å². The first-order valence-electron chi connectivity index (χ1n) is 13.0. The van der Waals surface area contributed by atoms with Gasteiger partial charge in [-0.3, -0.25) is 19.4 Å². The normalized spacial score (nSPS) is 16.1. The number of nitrogens with one attached hydrogen (secondary N) is 3. The van der Waals surface area contributed by atoms with Crippen molar-refractivity contribution in [1.29, 1.82) is 0 Å². The van der Waals surface area contributed by atoms with Crippen LogP contribution in [0.2, 0.25) is 0 Å². The molecule has 10 heteroatoms. The molecule has 0 unspecified atom stereocenters. The molecule has 1 fully saturated rings. The highest BCUT2D eigenvalue weighted by atomic mass is 127. The molecular weight excluding hydrogens is 621 g/mol. The molecule has 206 valence electrons. The molecule has 1 atom stereocenters. The Morgan fingerprint density at radius 2 is 1.88 bits per heavy atom. The summed E-state index contributed by atoms with van der Waals surface area (Å²) in [5, 5.41) is 6.63. The molecule has 40 heavy (non-hydrogen) atoms. The van der Waals surface area contributed by atoms with E-state index in [2.05, 4.69) is 43.2 Å². The van der Waals surface area contributed by atoms with Crippen LogP contribution in [0.3, 0.4) is 0 Å². The summed E-state index contributed by atoms with van der Waals surface area (Å²) in [4.78, 5) is 48.2. The minimum Gasteiger partial charge on any atom is -0.457 e. The number of likely N-dealkylation sites (tertiary alicyclic amines) is 1. The Hall–Kier alpha value is -3.93. The van der Waals surface area contributed by atoms with Crippen molar-refractivity contribution < 1.29 is 19.1 Å². The largest absolute Gasteiger partial charge is 0.457 e. The Bertz CT molecular complexity index is 1520. The highest BCUT2D eigenvalue weighted by molar-refractivity contribution is 14.1. The molecule has 2 aromatic carbocycles. The number of H-pyrrole nitrogens is 1. The Balaban J connectivity index is 1.18. The van der Waals surface area contributed by atoms with Crippen LogP contribution in [0.5, 0.6) is 11.5 Å². The maximum atomic E-state index is 13.2. The van der Waals surface area contributed by atoms with Crippen LogP contribution in [0.15, 0.2) is 73.1 Å². The van der Waals surface area contributed by atoms with E-state index in [9.17, 15) is 14.4 Å². The second-order valence-electron chi connectivity index (χ2n) is 10.6. The summed E-state index contributed by atoms with van der Waals surface area (Å²) < 4.78 is 6.95. The standard InChI is InChI=1S/C30H30IN5O4/c1-30(2)14-26(29(39)33-16-22-12-20-15-32-11-10-25(20)35-22)36(18-30)27(37)17-34-28(38)19-4-3-5-24(13-19)40-23-8-6-21(31)7-9-23/h3-13,15,26,35H,14,16-18H2,1-2H3,(H,33,39)(H,34,38)/t26-/m0/s1. The molecular formula is C30H30IN5O4. The number of aromatic amines is 1. The maximum Gasteiger partial charge on any atom is 0.251 e. The summed E-state index contributed by atoms with van der Waals surface area (Å²) in [6.45, 7) is 4.59. The van der Waals surface area contributed by atoms with Gasteiger partial charge in [0, 0.05) is 44.7 Å². The molecule has 0 saturated carbocycles. The first-order valence-corrected chi connectivity index (χ1v) is 14.1. The molecule has 9 nitrogen and oxygen atoms in total. The van der Waals surface area contributed by atoms with Gasteiger partial charge in [0.2, 0.25) is 11.8 Å². The van der Waals surface area contributed by atoms with Crippen LogP contribution in [0.25, 0.3) is 10.9 Å². The smallest absolute Gasteiger partial charge is 0.251 e. The first-order chi connectivity index (χ1) is 19.2. The van der Waals surface area contributed by atoms with Crippen molar-refractivity contribution in [2.75, 3.05) is 13.1 Å². The van der Waals surface area contributed by atoms with E-state index in [4.69, 9.17) is 4.74 Å². The third kappa shape index (κ3) is 6.61. The highest BCUT2D eigenvalue weighted by Gasteiger charge is 2.43. The number of halogens is 1. The van der Waals surface area contributed by atoms with Crippen LogP contribution in [0.4, 0.5) is 0 Å². The van der Waals surface area contributed by atoms with Crippen molar-refractivity contribution in [3.8, 4) is 11.5 Å². The van der Waals surface area contributed by atoms with Gasteiger partial charge in [-0.2, -0.15) is 0 Å². The van der Waals surface area contributed by atoms with E-state index in [1.165, 1.54) is 0 Å². The Labute approximate surface area is 245 Å². The lowest BCUT2D eigenvalue weighted by atomic mass is 9.90. The molecule has 3 heterocycles. The van der Waals surface area contributed by atoms with Crippen LogP contribution in [-0.2, 0) is 16.1 Å². The summed E-state index contributed by atoms with van der Waals surface area (Å²) in [5.41, 5.74) is 1.95. The number of pyridine rings is 1. The summed E-state index contributed by atoms with van der Waals surface area (Å²) in [7, 11) is 0. The molecule has 4 aromatic rings. The van der Waals surface area contributed by atoms with Gasteiger partial charge < -0.3 is 25.3 Å². The molecule has 0 spiro atoms. The van der Waals surface area contributed by atoms with Crippen molar-refractivity contribution in [3.63, 3.8) is 0 Å². The second-order valence-corrected chi connectivity index (χ2v) is 11.9. The molecule has 0 aliphatic carbocycles. The number of ether oxygens (including phenoxy) is 1. The predicted octanol–water partition coefficient (Wildman–Crippen LogP) is 4.63. The zero-order valence-electron chi connectivity index (χ0n) is 22.2. The molecule has 5 rings (SSSR count). The molecule has 0 bridgehead atoms. The lowest BCUT2D eigenvalue weighted by molar-refractivity contribution is -0.137. The van der Waals surface area contributed by atoms with Gasteiger partial charge in [0.15, 0.2) is 0 Å². The summed E-state index contributed by atoms with van der Waals surface area (Å²) in [6, 6.07) is 17.6. The lowest BCUT2D eigenvalue weighted by Gasteiger charge is -2.24. The number of amides is 3. The fourth-order valence-electron chi connectivity index (χ4n) is 4.89. The van der Waals surface area contributed by atoms with E-state index < -0.39 is 11.9 Å².